The van der Waals surface area contributed by atoms with Crippen molar-refractivity contribution in [1.29, 1.82) is 0 Å². The van der Waals surface area contributed by atoms with Gasteiger partial charge < -0.3 is 10.2 Å². The lowest BCUT2D eigenvalue weighted by Gasteiger charge is -2.23. The van der Waals surface area contributed by atoms with Gasteiger partial charge in [0.2, 0.25) is 0 Å². The number of hydrogen-bond donors (Lipinski definition) is 2. The number of halogens is 1. The molecule has 1 aliphatic heterocycles. The smallest absolute Gasteiger partial charge is 0.282 e. The van der Waals surface area contributed by atoms with Crippen molar-refractivity contribution in [2.75, 3.05) is 18.4 Å². The first-order valence-electron chi connectivity index (χ1n) is 7.08. The molecule has 1 amide bonds. The molecule has 0 unspecified atom stereocenters. The van der Waals surface area contributed by atoms with Crippen LogP contribution in [0.2, 0.25) is 5.02 Å². The second-order valence-corrected chi connectivity index (χ2v) is 5.73. The van der Waals surface area contributed by atoms with E-state index in [4.69, 9.17) is 11.6 Å². The minimum atomic E-state index is -0.00270. The molecule has 0 spiro atoms. The molecule has 0 radical (unpaired) electrons. The summed E-state index contributed by atoms with van der Waals surface area (Å²) in [5.41, 5.74) is 0.776. The molecule has 1 atom stereocenters. The molecular weight excluding hydrogens is 260 g/mol. The number of anilines is 1. The van der Waals surface area contributed by atoms with Crippen LogP contribution in [-0.2, 0) is 4.79 Å². The molecule has 1 aromatic carbocycles. The highest BCUT2D eigenvalue weighted by molar-refractivity contribution is 6.30. The topological polar surface area (TPSA) is 33.5 Å². The van der Waals surface area contributed by atoms with Crippen molar-refractivity contribution in [3.05, 3.63) is 29.3 Å². The second-order valence-electron chi connectivity index (χ2n) is 5.29. The summed E-state index contributed by atoms with van der Waals surface area (Å²) < 4.78 is 0. The third-order valence-electron chi connectivity index (χ3n) is 3.84. The lowest BCUT2D eigenvalue weighted by Crippen LogP contribution is -3.16. The maximum Gasteiger partial charge on any atom is 0.282 e. The second kappa shape index (κ2) is 6.92. The van der Waals surface area contributed by atoms with E-state index in [0.29, 0.717) is 5.02 Å². The Morgan fingerprint density at radius 3 is 2.58 bits per heavy atom. The number of quaternary nitrogens is 1. The Bertz CT molecular complexity index is 428. The minimum Gasteiger partial charge on any atom is -0.325 e. The fraction of sp³-hybridized carbons (Fsp3) is 0.533. The van der Waals surface area contributed by atoms with Gasteiger partial charge in [0.15, 0.2) is 6.04 Å². The molecule has 1 fully saturated rings. The van der Waals surface area contributed by atoms with E-state index in [1.54, 1.807) is 12.1 Å². The number of amides is 1. The van der Waals surface area contributed by atoms with Gasteiger partial charge >= 0.3 is 0 Å². The number of hydrogen-bond acceptors (Lipinski definition) is 1. The minimum absolute atomic E-state index is 0.00270. The quantitative estimate of drug-likeness (QED) is 0.874. The van der Waals surface area contributed by atoms with Gasteiger partial charge in [0.05, 0.1) is 13.1 Å². The molecule has 19 heavy (non-hydrogen) atoms. The summed E-state index contributed by atoms with van der Waals surface area (Å²) in [5.74, 6) is 0.0826. The highest BCUT2D eigenvalue weighted by atomic mass is 35.5. The molecule has 1 aromatic rings. The van der Waals surface area contributed by atoms with Gasteiger partial charge in [-0.15, -0.1) is 0 Å². The van der Waals surface area contributed by atoms with Gasteiger partial charge in [0, 0.05) is 10.7 Å². The molecule has 104 valence electrons. The first-order valence-corrected chi connectivity index (χ1v) is 7.45. The number of benzene rings is 1. The van der Waals surface area contributed by atoms with E-state index in [9.17, 15) is 4.79 Å². The molecule has 3 nitrogen and oxygen atoms in total. The maximum atomic E-state index is 12.3. The van der Waals surface area contributed by atoms with Crippen LogP contribution in [0.3, 0.4) is 0 Å². The highest BCUT2D eigenvalue weighted by Gasteiger charge is 2.25. The molecule has 2 rings (SSSR count). The zero-order valence-electron chi connectivity index (χ0n) is 11.4. The SMILES string of the molecule is C[C@H](C(=O)Nc1cccc(Cl)c1)[NH+]1CCCCCC1. The predicted molar refractivity (Wildman–Crippen MR) is 78.7 cm³/mol. The summed E-state index contributed by atoms with van der Waals surface area (Å²) in [5, 5.41) is 3.60. The van der Waals surface area contributed by atoms with Gasteiger partial charge in [-0.2, -0.15) is 0 Å². The molecule has 1 heterocycles. The summed E-state index contributed by atoms with van der Waals surface area (Å²) in [4.78, 5) is 13.7. The van der Waals surface area contributed by atoms with Crippen molar-refractivity contribution in [1.82, 2.24) is 0 Å². The van der Waals surface area contributed by atoms with E-state index >= 15 is 0 Å². The third-order valence-corrected chi connectivity index (χ3v) is 4.08. The fourth-order valence-electron chi connectivity index (χ4n) is 2.62. The Hall–Kier alpha value is -1.06. The van der Waals surface area contributed by atoms with Crippen LogP contribution in [0, 0.1) is 0 Å². The molecular formula is C15H22ClN2O+. The van der Waals surface area contributed by atoms with E-state index in [1.165, 1.54) is 30.6 Å². The van der Waals surface area contributed by atoms with Crippen LogP contribution in [0.4, 0.5) is 5.69 Å². The monoisotopic (exact) mass is 281 g/mol. The first kappa shape index (κ1) is 14.4. The Kier molecular flexibility index (Phi) is 5.23. The largest absolute Gasteiger partial charge is 0.325 e. The summed E-state index contributed by atoms with van der Waals surface area (Å²) in [6, 6.07) is 7.30. The van der Waals surface area contributed by atoms with Gasteiger partial charge in [-0.3, -0.25) is 4.79 Å². The number of nitrogens with one attached hydrogen (secondary N) is 2. The van der Waals surface area contributed by atoms with Crippen LogP contribution >= 0.6 is 11.6 Å². The van der Waals surface area contributed by atoms with Gasteiger partial charge in [-0.25, -0.2) is 0 Å². The van der Waals surface area contributed by atoms with E-state index in [1.807, 2.05) is 19.1 Å². The average molecular weight is 282 g/mol. The number of carbonyl (C=O) groups is 1. The van der Waals surface area contributed by atoms with Crippen LogP contribution < -0.4 is 10.2 Å². The zero-order valence-corrected chi connectivity index (χ0v) is 12.2. The summed E-state index contributed by atoms with van der Waals surface area (Å²) in [6.45, 7) is 4.22. The van der Waals surface area contributed by atoms with Crippen molar-refractivity contribution in [2.24, 2.45) is 0 Å². The van der Waals surface area contributed by atoms with Crippen LogP contribution in [-0.4, -0.2) is 25.0 Å². The van der Waals surface area contributed by atoms with Crippen molar-refractivity contribution in [3.63, 3.8) is 0 Å². The van der Waals surface area contributed by atoms with E-state index < -0.39 is 0 Å². The lowest BCUT2D eigenvalue weighted by atomic mass is 10.2. The summed E-state index contributed by atoms with van der Waals surface area (Å²) in [6.07, 6.45) is 5.05. The molecule has 1 aliphatic rings. The van der Waals surface area contributed by atoms with Crippen molar-refractivity contribution >= 4 is 23.2 Å². The molecule has 0 aliphatic carbocycles. The fourth-order valence-corrected chi connectivity index (χ4v) is 2.81. The van der Waals surface area contributed by atoms with Crippen LogP contribution in [0.1, 0.15) is 32.6 Å². The van der Waals surface area contributed by atoms with Gasteiger partial charge in [-0.1, -0.05) is 17.7 Å². The molecule has 2 N–H and O–H groups in total. The first-order chi connectivity index (χ1) is 9.16. The number of likely N-dealkylation sites (tertiary alicyclic amines) is 1. The van der Waals surface area contributed by atoms with Crippen molar-refractivity contribution in [3.8, 4) is 0 Å². The Morgan fingerprint density at radius 1 is 1.26 bits per heavy atom. The standard InChI is InChI=1S/C15H21ClN2O/c1-12(18-9-4-2-3-5-10-18)15(19)17-14-8-6-7-13(16)11-14/h6-8,11-12H,2-5,9-10H2,1H3,(H,17,19)/p+1/t12-/m1/s1. The van der Waals surface area contributed by atoms with Gasteiger partial charge in [-0.05, 0) is 50.8 Å². The lowest BCUT2D eigenvalue weighted by molar-refractivity contribution is -0.913. The van der Waals surface area contributed by atoms with Crippen LogP contribution in [0.15, 0.2) is 24.3 Å². The normalized spacial score (nSPS) is 18.6. The van der Waals surface area contributed by atoms with E-state index in [0.717, 1.165) is 18.8 Å². The van der Waals surface area contributed by atoms with E-state index in [2.05, 4.69) is 5.32 Å². The average Bonchev–Trinajstić information content (AvgIpc) is 2.66. The van der Waals surface area contributed by atoms with Crippen LogP contribution in [0.5, 0.6) is 0 Å². The molecule has 0 bridgehead atoms. The third kappa shape index (κ3) is 4.22. The van der Waals surface area contributed by atoms with Crippen molar-refractivity contribution < 1.29 is 9.69 Å². The van der Waals surface area contributed by atoms with E-state index in [-0.39, 0.29) is 11.9 Å². The molecule has 0 saturated carbocycles. The van der Waals surface area contributed by atoms with Crippen LogP contribution in [0.25, 0.3) is 0 Å². The predicted octanol–water partition coefficient (Wildman–Crippen LogP) is 2.13. The summed E-state index contributed by atoms with van der Waals surface area (Å²) >= 11 is 5.92. The number of rotatable bonds is 3. The zero-order chi connectivity index (χ0) is 13.7. The highest BCUT2D eigenvalue weighted by Crippen LogP contribution is 2.14. The van der Waals surface area contributed by atoms with Gasteiger partial charge in [0.1, 0.15) is 0 Å². The molecule has 0 aromatic heterocycles. The Morgan fingerprint density at radius 2 is 1.95 bits per heavy atom. The molecule has 1 saturated heterocycles. The Balaban J connectivity index is 1.94. The number of carbonyl (C=O) groups excluding carboxylic acids is 1. The summed E-state index contributed by atoms with van der Waals surface area (Å²) in [7, 11) is 0. The maximum absolute atomic E-state index is 12.3. The van der Waals surface area contributed by atoms with Gasteiger partial charge in [0.25, 0.3) is 5.91 Å². The van der Waals surface area contributed by atoms with Crippen molar-refractivity contribution in [2.45, 2.75) is 38.6 Å². The Labute approximate surface area is 119 Å². The molecule has 4 heteroatoms.